The van der Waals surface area contributed by atoms with Crippen molar-refractivity contribution < 1.29 is 0 Å². The minimum Gasteiger partial charge on any atom is -0.393 e. The molecule has 2 rings (SSSR count). The largest absolute Gasteiger partial charge is 0.393 e. The summed E-state index contributed by atoms with van der Waals surface area (Å²) in [6.07, 6.45) is 8.00. The van der Waals surface area contributed by atoms with E-state index in [1.807, 2.05) is 0 Å². The van der Waals surface area contributed by atoms with Gasteiger partial charge in [-0.2, -0.15) is 0 Å². The highest BCUT2D eigenvalue weighted by atomic mass is 15.2. The maximum atomic E-state index is 6.42. The number of hydrogen-bond donors (Lipinski definition) is 2. The molecule has 130 valence electrons. The Hall–Kier alpha value is -1.52. The van der Waals surface area contributed by atoms with Gasteiger partial charge in [-0.1, -0.05) is 47.0 Å². The van der Waals surface area contributed by atoms with Crippen molar-refractivity contribution in [3.63, 3.8) is 0 Å². The fourth-order valence-corrected chi connectivity index (χ4v) is 3.32. The van der Waals surface area contributed by atoms with E-state index in [-0.39, 0.29) is 0 Å². The molecular weight excluding hydrogens is 286 g/mol. The number of aromatic nitrogens is 2. The lowest BCUT2D eigenvalue weighted by molar-refractivity contribution is 0.462. The van der Waals surface area contributed by atoms with Gasteiger partial charge >= 0.3 is 0 Å². The van der Waals surface area contributed by atoms with Gasteiger partial charge in [0.15, 0.2) is 11.6 Å². The molecule has 1 aromatic heterocycles. The fraction of sp³-hybridized carbons (Fsp3) is 0.778. The number of hydrogen-bond acceptors (Lipinski definition) is 5. The summed E-state index contributed by atoms with van der Waals surface area (Å²) in [6.45, 7) is 10.8. The van der Waals surface area contributed by atoms with Crippen LogP contribution >= 0.6 is 0 Å². The van der Waals surface area contributed by atoms with Gasteiger partial charge in [0.05, 0.1) is 0 Å². The molecule has 1 aliphatic rings. The quantitative estimate of drug-likeness (QED) is 0.797. The van der Waals surface area contributed by atoms with Crippen LogP contribution in [0.15, 0.2) is 6.33 Å². The first-order valence-corrected chi connectivity index (χ1v) is 9.09. The summed E-state index contributed by atoms with van der Waals surface area (Å²) < 4.78 is 0. The summed E-state index contributed by atoms with van der Waals surface area (Å²) in [5.74, 6) is 2.82. The summed E-state index contributed by atoms with van der Waals surface area (Å²) in [7, 11) is 0. The second-order valence-corrected chi connectivity index (χ2v) is 7.63. The van der Waals surface area contributed by atoms with Gasteiger partial charge in [-0.15, -0.1) is 0 Å². The number of nitrogens with zero attached hydrogens (tertiary/aromatic N) is 3. The number of rotatable bonds is 7. The molecule has 1 heterocycles. The zero-order valence-electron chi connectivity index (χ0n) is 15.2. The topological polar surface area (TPSA) is 67.1 Å². The lowest BCUT2D eigenvalue weighted by atomic mass is 9.95. The molecule has 0 atom stereocenters. The van der Waals surface area contributed by atoms with Crippen LogP contribution < -0.4 is 16.0 Å². The van der Waals surface area contributed by atoms with E-state index in [2.05, 4.69) is 47.9 Å². The Labute approximate surface area is 141 Å². The molecule has 0 unspecified atom stereocenters. The maximum absolute atomic E-state index is 6.42. The highest BCUT2D eigenvalue weighted by Crippen LogP contribution is 2.30. The van der Waals surface area contributed by atoms with E-state index in [1.165, 1.54) is 32.1 Å². The van der Waals surface area contributed by atoms with Gasteiger partial charge in [0.2, 0.25) is 0 Å². The van der Waals surface area contributed by atoms with Gasteiger partial charge in [-0.25, -0.2) is 9.97 Å². The molecule has 0 bridgehead atoms. The molecule has 0 radical (unpaired) electrons. The smallest absolute Gasteiger partial charge is 0.157 e. The van der Waals surface area contributed by atoms with Crippen molar-refractivity contribution in [3.8, 4) is 0 Å². The lowest BCUT2D eigenvalue weighted by Gasteiger charge is -2.29. The van der Waals surface area contributed by atoms with Crippen molar-refractivity contribution in [1.29, 1.82) is 0 Å². The Morgan fingerprint density at radius 2 is 1.70 bits per heavy atom. The van der Waals surface area contributed by atoms with Crippen LogP contribution in [0.3, 0.4) is 0 Å². The van der Waals surface area contributed by atoms with Gasteiger partial charge in [-0.3, -0.25) is 0 Å². The number of anilines is 3. The van der Waals surface area contributed by atoms with Crippen LogP contribution in [0, 0.1) is 11.8 Å². The zero-order chi connectivity index (χ0) is 16.8. The highest BCUT2D eigenvalue weighted by Gasteiger charge is 2.20. The summed E-state index contributed by atoms with van der Waals surface area (Å²) >= 11 is 0. The van der Waals surface area contributed by atoms with Crippen LogP contribution in [0.1, 0.15) is 59.8 Å². The second-order valence-electron chi connectivity index (χ2n) is 7.63. The molecule has 1 aliphatic carbocycles. The second kappa shape index (κ2) is 8.37. The molecule has 0 spiro atoms. The van der Waals surface area contributed by atoms with Crippen molar-refractivity contribution in [2.24, 2.45) is 11.8 Å². The predicted octanol–water partition coefficient (Wildman–Crippen LogP) is 3.92. The van der Waals surface area contributed by atoms with Gasteiger partial charge in [0, 0.05) is 19.1 Å². The molecule has 1 saturated carbocycles. The van der Waals surface area contributed by atoms with Crippen molar-refractivity contribution in [2.45, 2.75) is 65.8 Å². The third-order valence-corrected chi connectivity index (χ3v) is 4.28. The van der Waals surface area contributed by atoms with Crippen LogP contribution in [0.2, 0.25) is 0 Å². The standard InChI is InChI=1S/C18H33N5/c1-13(2)10-23(11-14(3)4)18-16(19)17(20-12-21-18)22-15-8-6-5-7-9-15/h12-15H,5-11,19H2,1-4H3,(H,20,21,22). The Kier molecular flexibility index (Phi) is 6.48. The third kappa shape index (κ3) is 5.26. The van der Waals surface area contributed by atoms with E-state index < -0.39 is 0 Å². The molecule has 0 aliphatic heterocycles. The van der Waals surface area contributed by atoms with Crippen LogP contribution in [-0.4, -0.2) is 29.1 Å². The van der Waals surface area contributed by atoms with Crippen LogP contribution in [0.4, 0.5) is 17.3 Å². The molecule has 5 nitrogen and oxygen atoms in total. The van der Waals surface area contributed by atoms with E-state index in [4.69, 9.17) is 5.73 Å². The molecule has 0 amide bonds. The van der Waals surface area contributed by atoms with E-state index in [0.717, 1.165) is 24.7 Å². The number of nitrogens with one attached hydrogen (secondary N) is 1. The average Bonchev–Trinajstić information content (AvgIpc) is 2.49. The molecule has 3 N–H and O–H groups in total. The van der Waals surface area contributed by atoms with Gasteiger partial charge in [0.1, 0.15) is 12.0 Å². The normalized spacial score (nSPS) is 16.1. The minimum atomic E-state index is 0.498. The molecule has 5 heteroatoms. The molecule has 1 fully saturated rings. The van der Waals surface area contributed by atoms with Crippen molar-refractivity contribution in [3.05, 3.63) is 6.33 Å². The fourth-order valence-electron chi connectivity index (χ4n) is 3.32. The Morgan fingerprint density at radius 3 is 2.26 bits per heavy atom. The highest BCUT2D eigenvalue weighted by molar-refractivity contribution is 5.75. The van der Waals surface area contributed by atoms with Gasteiger partial charge < -0.3 is 16.0 Å². The van der Waals surface area contributed by atoms with Crippen molar-refractivity contribution >= 4 is 17.3 Å². The predicted molar refractivity (Wildman–Crippen MR) is 98.8 cm³/mol. The first-order valence-electron chi connectivity index (χ1n) is 9.09. The Balaban J connectivity index is 2.17. The van der Waals surface area contributed by atoms with E-state index in [0.29, 0.717) is 23.6 Å². The van der Waals surface area contributed by atoms with E-state index in [1.54, 1.807) is 6.33 Å². The molecule has 0 aromatic carbocycles. The average molecular weight is 319 g/mol. The summed E-state index contributed by atoms with van der Waals surface area (Å²) in [6, 6.07) is 0.498. The van der Waals surface area contributed by atoms with E-state index >= 15 is 0 Å². The maximum Gasteiger partial charge on any atom is 0.157 e. The van der Waals surface area contributed by atoms with Gasteiger partial charge in [0.25, 0.3) is 0 Å². The first-order chi connectivity index (χ1) is 11.0. The number of nitrogen functional groups attached to an aromatic ring is 1. The summed E-state index contributed by atoms with van der Waals surface area (Å²) in [5, 5.41) is 3.55. The monoisotopic (exact) mass is 319 g/mol. The van der Waals surface area contributed by atoms with Crippen LogP contribution in [-0.2, 0) is 0 Å². The van der Waals surface area contributed by atoms with Crippen molar-refractivity contribution in [2.75, 3.05) is 29.0 Å². The van der Waals surface area contributed by atoms with Gasteiger partial charge in [-0.05, 0) is 24.7 Å². The SMILES string of the molecule is CC(C)CN(CC(C)C)c1ncnc(NC2CCCCC2)c1N. The third-order valence-electron chi connectivity index (χ3n) is 4.28. The zero-order valence-corrected chi connectivity index (χ0v) is 15.2. The van der Waals surface area contributed by atoms with E-state index in [9.17, 15) is 0 Å². The molecular formula is C18H33N5. The first kappa shape index (κ1) is 17.8. The Morgan fingerprint density at radius 1 is 1.09 bits per heavy atom. The van der Waals surface area contributed by atoms with Crippen LogP contribution in [0.5, 0.6) is 0 Å². The van der Waals surface area contributed by atoms with Crippen molar-refractivity contribution in [1.82, 2.24) is 9.97 Å². The summed E-state index contributed by atoms with van der Waals surface area (Å²) in [5.41, 5.74) is 7.12. The van der Waals surface area contributed by atoms with Crippen LogP contribution in [0.25, 0.3) is 0 Å². The lowest BCUT2D eigenvalue weighted by Crippen LogP contribution is -2.33. The molecule has 23 heavy (non-hydrogen) atoms. The molecule has 1 aromatic rings. The molecule has 0 saturated heterocycles. The minimum absolute atomic E-state index is 0.498. The number of nitrogens with two attached hydrogens (primary N) is 1. The Bertz CT molecular complexity index is 470. The summed E-state index contributed by atoms with van der Waals surface area (Å²) in [4.78, 5) is 11.2.